The zero-order valence-corrected chi connectivity index (χ0v) is 7.88. The van der Waals surface area contributed by atoms with Gasteiger partial charge in [-0.05, 0) is 24.4 Å². The second-order valence-corrected chi connectivity index (χ2v) is 3.78. The van der Waals surface area contributed by atoms with Crippen LogP contribution in [0.15, 0.2) is 0 Å². The number of hydrogen-bond donors (Lipinski definition) is 0. The van der Waals surface area contributed by atoms with Gasteiger partial charge in [0.2, 0.25) is 0 Å². The van der Waals surface area contributed by atoms with E-state index in [1.807, 2.05) is 6.92 Å². The summed E-state index contributed by atoms with van der Waals surface area (Å²) < 4.78 is 4.04. The monoisotopic (exact) mass is 175 g/mol. The van der Waals surface area contributed by atoms with Crippen molar-refractivity contribution in [2.24, 2.45) is 0 Å². The molecule has 0 atom stereocenters. The summed E-state index contributed by atoms with van der Waals surface area (Å²) in [5.74, 6) is 0.546. The number of halogens is 1. The first-order chi connectivity index (χ1) is 4.63. The summed E-state index contributed by atoms with van der Waals surface area (Å²) >= 11 is 7.28. The van der Waals surface area contributed by atoms with Crippen molar-refractivity contribution < 1.29 is 0 Å². The molecule has 0 aliphatic carbocycles. The van der Waals surface area contributed by atoms with E-state index in [9.17, 15) is 0 Å². The second kappa shape index (κ2) is 2.89. The third-order valence-electron chi connectivity index (χ3n) is 1.43. The summed E-state index contributed by atoms with van der Waals surface area (Å²) in [6.07, 6.45) is 0. The van der Waals surface area contributed by atoms with Crippen LogP contribution >= 0.6 is 23.1 Å². The molecule has 0 unspecified atom stereocenters. The lowest BCUT2D eigenvalue weighted by atomic mass is 10.1. The van der Waals surface area contributed by atoms with Crippen molar-refractivity contribution in [3.05, 3.63) is 15.6 Å². The molecule has 0 N–H and O–H groups in total. The van der Waals surface area contributed by atoms with Crippen molar-refractivity contribution in [2.75, 3.05) is 0 Å². The van der Waals surface area contributed by atoms with Crippen molar-refractivity contribution in [3.63, 3.8) is 0 Å². The molecule has 0 saturated carbocycles. The normalized spacial score (nSPS) is 10.9. The molecule has 0 bridgehead atoms. The van der Waals surface area contributed by atoms with E-state index in [2.05, 4.69) is 18.2 Å². The van der Waals surface area contributed by atoms with Gasteiger partial charge >= 0.3 is 0 Å². The fraction of sp³-hybridized carbons (Fsp3) is 0.571. The average molecular weight is 176 g/mol. The van der Waals surface area contributed by atoms with Crippen molar-refractivity contribution in [3.8, 4) is 0 Å². The Bertz CT molecular complexity index is 230. The third kappa shape index (κ3) is 1.32. The third-order valence-corrected chi connectivity index (χ3v) is 3.14. The van der Waals surface area contributed by atoms with Crippen LogP contribution in [0.3, 0.4) is 0 Å². The minimum Gasteiger partial charge on any atom is -0.180 e. The van der Waals surface area contributed by atoms with Gasteiger partial charge in [-0.1, -0.05) is 25.4 Å². The lowest BCUT2D eigenvalue weighted by Gasteiger charge is -1.99. The Labute approximate surface area is 70.2 Å². The molecule has 0 fully saturated rings. The first-order valence-electron chi connectivity index (χ1n) is 3.24. The molecule has 0 aromatic carbocycles. The van der Waals surface area contributed by atoms with E-state index in [0.29, 0.717) is 11.1 Å². The fourth-order valence-corrected chi connectivity index (χ4v) is 1.89. The number of nitrogens with zero attached hydrogens (tertiary/aromatic N) is 1. The maximum absolute atomic E-state index is 5.77. The Balaban J connectivity index is 3.05. The number of hydrogen-bond acceptors (Lipinski definition) is 2. The van der Waals surface area contributed by atoms with Crippen LogP contribution < -0.4 is 0 Å². The van der Waals surface area contributed by atoms with E-state index in [1.165, 1.54) is 16.4 Å². The van der Waals surface area contributed by atoms with Crippen LogP contribution in [0.2, 0.25) is 5.15 Å². The molecule has 1 aromatic rings. The Morgan fingerprint density at radius 1 is 1.50 bits per heavy atom. The molecule has 0 aliphatic rings. The molecule has 1 rings (SSSR count). The van der Waals surface area contributed by atoms with Crippen LogP contribution in [-0.2, 0) is 0 Å². The Morgan fingerprint density at radius 3 is 2.30 bits per heavy atom. The van der Waals surface area contributed by atoms with Crippen LogP contribution in [-0.4, -0.2) is 4.37 Å². The van der Waals surface area contributed by atoms with Gasteiger partial charge in [0, 0.05) is 10.4 Å². The molecule has 0 spiro atoms. The maximum Gasteiger partial charge on any atom is 0.146 e. The van der Waals surface area contributed by atoms with Gasteiger partial charge in [-0.2, -0.15) is 4.37 Å². The average Bonchev–Trinajstić information content (AvgIpc) is 2.14. The molecule has 0 radical (unpaired) electrons. The Morgan fingerprint density at radius 2 is 2.10 bits per heavy atom. The molecule has 1 heterocycles. The lowest BCUT2D eigenvalue weighted by molar-refractivity contribution is 0.881. The summed E-state index contributed by atoms with van der Waals surface area (Å²) in [5, 5.41) is 0.661. The smallest absolute Gasteiger partial charge is 0.146 e. The number of aromatic nitrogens is 1. The SMILES string of the molecule is Cc1c(Cl)nsc1C(C)C. The zero-order chi connectivity index (χ0) is 7.72. The Kier molecular flexibility index (Phi) is 2.32. The van der Waals surface area contributed by atoms with Crippen LogP contribution in [0.25, 0.3) is 0 Å². The van der Waals surface area contributed by atoms with Crippen molar-refractivity contribution >= 4 is 23.1 Å². The fourth-order valence-electron chi connectivity index (χ4n) is 0.866. The highest BCUT2D eigenvalue weighted by Crippen LogP contribution is 2.28. The van der Waals surface area contributed by atoms with Crippen molar-refractivity contribution in [1.82, 2.24) is 4.37 Å². The highest BCUT2D eigenvalue weighted by atomic mass is 35.5. The van der Waals surface area contributed by atoms with E-state index in [1.54, 1.807) is 0 Å². The van der Waals surface area contributed by atoms with Gasteiger partial charge in [-0.15, -0.1) is 0 Å². The predicted molar refractivity (Wildman–Crippen MR) is 46.0 cm³/mol. The van der Waals surface area contributed by atoms with Gasteiger partial charge in [0.1, 0.15) is 5.15 Å². The van der Waals surface area contributed by atoms with Gasteiger partial charge < -0.3 is 0 Å². The quantitative estimate of drug-likeness (QED) is 0.639. The van der Waals surface area contributed by atoms with Gasteiger partial charge in [0.25, 0.3) is 0 Å². The van der Waals surface area contributed by atoms with E-state index >= 15 is 0 Å². The standard InChI is InChI=1S/C7H10ClNS/c1-4(2)6-5(3)7(8)9-10-6/h4H,1-3H3. The van der Waals surface area contributed by atoms with E-state index in [-0.39, 0.29) is 0 Å². The molecular weight excluding hydrogens is 166 g/mol. The topological polar surface area (TPSA) is 12.9 Å². The maximum atomic E-state index is 5.77. The first-order valence-corrected chi connectivity index (χ1v) is 4.39. The number of rotatable bonds is 1. The minimum atomic E-state index is 0.546. The molecular formula is C7H10ClNS. The molecule has 0 aliphatic heterocycles. The summed E-state index contributed by atoms with van der Waals surface area (Å²) in [6.45, 7) is 6.31. The summed E-state index contributed by atoms with van der Waals surface area (Å²) in [4.78, 5) is 1.30. The highest BCUT2D eigenvalue weighted by Gasteiger charge is 2.09. The van der Waals surface area contributed by atoms with Crippen LogP contribution in [0, 0.1) is 6.92 Å². The second-order valence-electron chi connectivity index (χ2n) is 2.62. The largest absolute Gasteiger partial charge is 0.180 e. The molecule has 1 aromatic heterocycles. The van der Waals surface area contributed by atoms with Crippen LogP contribution in [0.1, 0.15) is 30.2 Å². The van der Waals surface area contributed by atoms with Gasteiger partial charge in [-0.3, -0.25) is 0 Å². The molecule has 56 valence electrons. The van der Waals surface area contributed by atoms with Crippen molar-refractivity contribution in [2.45, 2.75) is 26.7 Å². The van der Waals surface area contributed by atoms with Crippen LogP contribution in [0.4, 0.5) is 0 Å². The molecule has 0 saturated heterocycles. The summed E-state index contributed by atoms with van der Waals surface area (Å²) in [7, 11) is 0. The minimum absolute atomic E-state index is 0.546. The Hall–Kier alpha value is -0.0800. The van der Waals surface area contributed by atoms with Crippen LogP contribution in [0.5, 0.6) is 0 Å². The van der Waals surface area contributed by atoms with E-state index < -0.39 is 0 Å². The molecule has 10 heavy (non-hydrogen) atoms. The molecule has 1 nitrogen and oxygen atoms in total. The summed E-state index contributed by atoms with van der Waals surface area (Å²) in [5.41, 5.74) is 1.14. The summed E-state index contributed by atoms with van der Waals surface area (Å²) in [6, 6.07) is 0. The van der Waals surface area contributed by atoms with E-state index in [0.717, 1.165) is 5.56 Å². The molecule has 3 heteroatoms. The molecule has 0 amide bonds. The van der Waals surface area contributed by atoms with Crippen molar-refractivity contribution in [1.29, 1.82) is 0 Å². The van der Waals surface area contributed by atoms with Gasteiger partial charge in [-0.25, -0.2) is 0 Å². The lowest BCUT2D eigenvalue weighted by Crippen LogP contribution is -1.83. The van der Waals surface area contributed by atoms with Gasteiger partial charge in [0.15, 0.2) is 0 Å². The zero-order valence-electron chi connectivity index (χ0n) is 6.31. The first kappa shape index (κ1) is 8.02. The predicted octanol–water partition coefficient (Wildman–Crippen LogP) is 3.23. The highest BCUT2D eigenvalue weighted by molar-refractivity contribution is 7.06. The van der Waals surface area contributed by atoms with E-state index in [4.69, 9.17) is 11.6 Å². The van der Waals surface area contributed by atoms with Gasteiger partial charge in [0.05, 0.1) is 0 Å².